The number of aromatic amines is 1. The van der Waals surface area contributed by atoms with Crippen molar-refractivity contribution in [3.63, 3.8) is 0 Å². The third-order valence-corrected chi connectivity index (χ3v) is 4.41. The van der Waals surface area contributed by atoms with Crippen LogP contribution in [0.5, 0.6) is 0 Å². The molecule has 0 unspecified atom stereocenters. The highest BCUT2D eigenvalue weighted by Gasteiger charge is 2.25. The van der Waals surface area contributed by atoms with Gasteiger partial charge in [0.1, 0.15) is 0 Å². The molecule has 2 heterocycles. The topological polar surface area (TPSA) is 90.4 Å². The van der Waals surface area contributed by atoms with Crippen molar-refractivity contribution in [2.24, 2.45) is 5.10 Å². The number of nitrogens with zero attached hydrogens (tertiary/aromatic N) is 3. The lowest BCUT2D eigenvalue weighted by Gasteiger charge is -2.12. The maximum atomic E-state index is 12.4. The minimum absolute atomic E-state index is 0.0740. The smallest absolute Gasteiger partial charge is 0.256 e. The number of benzene rings is 2. The molecule has 7 nitrogen and oxygen atoms in total. The Kier molecular flexibility index (Phi) is 4.72. The number of aromatic nitrogens is 2. The first-order chi connectivity index (χ1) is 13.6. The van der Waals surface area contributed by atoms with E-state index in [0.717, 1.165) is 17.0 Å². The summed E-state index contributed by atoms with van der Waals surface area (Å²) in [5.74, 6) is 0.130. The molecule has 0 atom stereocenters. The molecule has 7 heteroatoms. The highest BCUT2D eigenvalue weighted by Crippen LogP contribution is 2.22. The van der Waals surface area contributed by atoms with Crippen LogP contribution in [-0.4, -0.2) is 27.7 Å². The molecule has 0 saturated carbocycles. The summed E-state index contributed by atoms with van der Waals surface area (Å²) in [5.41, 5.74) is 3.93. The summed E-state index contributed by atoms with van der Waals surface area (Å²) >= 11 is 0. The van der Waals surface area contributed by atoms with Crippen molar-refractivity contribution >= 4 is 29.0 Å². The number of carbonyl (C=O) groups excluding carboxylic acids is 2. The number of hydrogen-bond donors (Lipinski definition) is 2. The van der Waals surface area contributed by atoms with E-state index in [2.05, 4.69) is 20.6 Å². The Morgan fingerprint density at radius 1 is 1.14 bits per heavy atom. The third-order valence-electron chi connectivity index (χ3n) is 4.41. The number of H-pyrrole nitrogens is 1. The van der Waals surface area contributed by atoms with Crippen LogP contribution in [0.3, 0.4) is 0 Å². The van der Waals surface area contributed by atoms with Gasteiger partial charge in [0.2, 0.25) is 0 Å². The van der Waals surface area contributed by atoms with Gasteiger partial charge < -0.3 is 5.32 Å². The molecule has 0 radical (unpaired) electrons. The molecule has 1 aliphatic rings. The third kappa shape index (κ3) is 3.83. The van der Waals surface area contributed by atoms with Gasteiger partial charge >= 0.3 is 0 Å². The van der Waals surface area contributed by atoms with Crippen LogP contribution in [0.25, 0.3) is 0 Å². The average molecular weight is 373 g/mol. The van der Waals surface area contributed by atoms with Gasteiger partial charge in [0.25, 0.3) is 11.8 Å². The average Bonchev–Trinajstić information content (AvgIpc) is 3.27. The van der Waals surface area contributed by atoms with Gasteiger partial charge in [-0.15, -0.1) is 0 Å². The van der Waals surface area contributed by atoms with Crippen molar-refractivity contribution < 1.29 is 9.59 Å². The lowest BCUT2D eigenvalue weighted by atomic mass is 10.1. The van der Waals surface area contributed by atoms with Gasteiger partial charge in [-0.2, -0.15) is 10.2 Å². The minimum Gasteiger partial charge on any atom is -0.305 e. The lowest BCUT2D eigenvalue weighted by Crippen LogP contribution is -2.19. The summed E-state index contributed by atoms with van der Waals surface area (Å²) in [6, 6.07) is 18.5. The summed E-state index contributed by atoms with van der Waals surface area (Å²) in [5, 5.41) is 15.3. The maximum absolute atomic E-state index is 12.4. The fourth-order valence-electron chi connectivity index (χ4n) is 3.04. The Balaban J connectivity index is 1.45. The number of carbonyl (C=O) groups is 2. The first-order valence-corrected chi connectivity index (χ1v) is 8.95. The van der Waals surface area contributed by atoms with E-state index in [1.807, 2.05) is 37.3 Å². The van der Waals surface area contributed by atoms with Crippen LogP contribution in [0.1, 0.15) is 28.0 Å². The van der Waals surface area contributed by atoms with Gasteiger partial charge in [0.15, 0.2) is 5.82 Å². The lowest BCUT2D eigenvalue weighted by molar-refractivity contribution is -0.116. The quantitative estimate of drug-likeness (QED) is 0.719. The number of nitrogens with one attached hydrogen (secondary N) is 2. The number of hydrogen-bond acceptors (Lipinski definition) is 4. The second-order valence-corrected chi connectivity index (χ2v) is 6.65. The molecule has 0 aliphatic carbocycles. The minimum atomic E-state index is -0.265. The molecule has 140 valence electrons. The fourth-order valence-corrected chi connectivity index (χ4v) is 3.04. The van der Waals surface area contributed by atoms with Crippen molar-refractivity contribution in [3.8, 4) is 0 Å². The monoisotopic (exact) mass is 373 g/mol. The Hall–Kier alpha value is -3.74. The van der Waals surface area contributed by atoms with Crippen molar-refractivity contribution in [3.05, 3.63) is 77.5 Å². The number of rotatable bonds is 5. The standard InChI is InChI=1S/C21H19N5O2/c1-14-11-19(24-23-14)22-21(28)16-7-9-18(10-8-16)26-20(27)13-17(25-26)12-15-5-3-2-4-6-15/h2-11H,12-13H2,1H3,(H2,22,23,24,28). The summed E-state index contributed by atoms with van der Waals surface area (Å²) in [6.45, 7) is 1.86. The van der Waals surface area contributed by atoms with E-state index < -0.39 is 0 Å². The molecule has 2 aromatic carbocycles. The first-order valence-electron chi connectivity index (χ1n) is 8.95. The Morgan fingerprint density at radius 2 is 1.89 bits per heavy atom. The molecule has 3 aromatic rings. The van der Waals surface area contributed by atoms with Crippen molar-refractivity contribution in [1.29, 1.82) is 0 Å². The van der Waals surface area contributed by atoms with E-state index in [1.54, 1.807) is 30.3 Å². The second kappa shape index (κ2) is 7.48. The van der Waals surface area contributed by atoms with Crippen LogP contribution < -0.4 is 10.3 Å². The predicted octanol–water partition coefficient (Wildman–Crippen LogP) is 3.31. The van der Waals surface area contributed by atoms with Crippen LogP contribution in [0.4, 0.5) is 11.5 Å². The molecule has 0 spiro atoms. The second-order valence-electron chi connectivity index (χ2n) is 6.65. The van der Waals surface area contributed by atoms with E-state index >= 15 is 0 Å². The maximum Gasteiger partial charge on any atom is 0.256 e. The molecular formula is C21H19N5O2. The zero-order chi connectivity index (χ0) is 19.5. The van der Waals surface area contributed by atoms with Gasteiger partial charge in [-0.1, -0.05) is 30.3 Å². The van der Waals surface area contributed by atoms with Crippen molar-refractivity contribution in [2.45, 2.75) is 19.8 Å². The molecule has 2 N–H and O–H groups in total. The van der Waals surface area contributed by atoms with Gasteiger partial charge in [-0.25, -0.2) is 5.01 Å². The van der Waals surface area contributed by atoms with Gasteiger partial charge in [-0.3, -0.25) is 14.7 Å². The van der Waals surface area contributed by atoms with Gasteiger partial charge in [0.05, 0.1) is 17.8 Å². The molecule has 2 amide bonds. The SMILES string of the molecule is Cc1cc(NC(=O)c2ccc(N3N=C(Cc4ccccc4)CC3=O)cc2)n[nH]1. The van der Waals surface area contributed by atoms with Crippen LogP contribution in [0, 0.1) is 6.92 Å². The Labute approximate surface area is 162 Å². The van der Waals surface area contributed by atoms with E-state index in [0.29, 0.717) is 29.9 Å². The summed E-state index contributed by atoms with van der Waals surface area (Å²) < 4.78 is 0. The number of anilines is 2. The molecular weight excluding hydrogens is 354 g/mol. The Bertz CT molecular complexity index is 1040. The highest BCUT2D eigenvalue weighted by molar-refractivity contribution is 6.13. The normalized spacial score (nSPS) is 13.5. The van der Waals surface area contributed by atoms with Crippen molar-refractivity contribution in [2.75, 3.05) is 10.3 Å². The van der Waals surface area contributed by atoms with Crippen LogP contribution in [0.2, 0.25) is 0 Å². The molecule has 4 rings (SSSR count). The molecule has 1 aromatic heterocycles. The van der Waals surface area contributed by atoms with Crippen LogP contribution in [-0.2, 0) is 11.2 Å². The van der Waals surface area contributed by atoms with Gasteiger partial charge in [-0.05, 0) is 36.8 Å². The summed E-state index contributed by atoms with van der Waals surface area (Å²) in [6.07, 6.45) is 0.947. The predicted molar refractivity (Wildman–Crippen MR) is 107 cm³/mol. The molecule has 0 fully saturated rings. The summed E-state index contributed by atoms with van der Waals surface area (Å²) in [4.78, 5) is 24.7. The fraction of sp³-hybridized carbons (Fsp3) is 0.143. The zero-order valence-electron chi connectivity index (χ0n) is 15.3. The first kappa shape index (κ1) is 17.7. The zero-order valence-corrected chi connectivity index (χ0v) is 15.3. The van der Waals surface area contributed by atoms with E-state index in [9.17, 15) is 9.59 Å². The number of hydrazone groups is 1. The largest absolute Gasteiger partial charge is 0.305 e. The molecule has 1 aliphatic heterocycles. The highest BCUT2D eigenvalue weighted by atomic mass is 16.2. The molecule has 0 saturated heterocycles. The number of aryl methyl sites for hydroxylation is 1. The van der Waals surface area contributed by atoms with Crippen LogP contribution in [0.15, 0.2) is 65.8 Å². The van der Waals surface area contributed by atoms with E-state index in [-0.39, 0.29) is 11.8 Å². The van der Waals surface area contributed by atoms with Crippen molar-refractivity contribution in [1.82, 2.24) is 10.2 Å². The number of amides is 2. The Morgan fingerprint density at radius 3 is 2.57 bits per heavy atom. The van der Waals surface area contributed by atoms with Crippen LogP contribution >= 0.6 is 0 Å². The molecule has 0 bridgehead atoms. The van der Waals surface area contributed by atoms with E-state index in [1.165, 1.54) is 5.01 Å². The molecule has 28 heavy (non-hydrogen) atoms. The van der Waals surface area contributed by atoms with E-state index in [4.69, 9.17) is 0 Å². The van der Waals surface area contributed by atoms with Gasteiger partial charge in [0, 0.05) is 23.7 Å². The summed E-state index contributed by atoms with van der Waals surface area (Å²) in [7, 11) is 0.